The molecule has 3 heterocycles. The van der Waals surface area contributed by atoms with Crippen LogP contribution >= 0.6 is 11.3 Å². The van der Waals surface area contributed by atoms with Crippen LogP contribution in [0, 0.1) is 6.92 Å². The number of carbonyl (C=O) groups is 1. The first-order chi connectivity index (χ1) is 12.6. The number of carboxylic acid groups (broad SMARTS) is 1. The molecule has 6 nitrogen and oxygen atoms in total. The SMILES string of the molecule is Cc1cc(C(=O)O)nn1Cc1cccc2sc(N3CCCCCC3)nc12. The number of aryl methyl sites for hydroxylation is 1. The van der Waals surface area contributed by atoms with Crippen LogP contribution in [0.1, 0.15) is 47.4 Å². The molecule has 1 aromatic carbocycles. The molecule has 1 aliphatic rings. The van der Waals surface area contributed by atoms with E-state index in [4.69, 9.17) is 10.1 Å². The third-order valence-corrected chi connectivity index (χ3v) is 5.97. The predicted molar refractivity (Wildman–Crippen MR) is 103 cm³/mol. The summed E-state index contributed by atoms with van der Waals surface area (Å²) in [6, 6.07) is 7.80. The van der Waals surface area contributed by atoms with Gasteiger partial charge in [-0.05, 0) is 31.9 Å². The number of fused-ring (bicyclic) bond motifs is 1. The topological polar surface area (TPSA) is 71.2 Å². The number of nitrogens with zero attached hydrogens (tertiary/aromatic N) is 4. The smallest absolute Gasteiger partial charge is 0.356 e. The average Bonchev–Trinajstić information content (AvgIpc) is 3.10. The summed E-state index contributed by atoms with van der Waals surface area (Å²) in [5, 5.41) is 14.4. The predicted octanol–water partition coefficient (Wildman–Crippen LogP) is 3.93. The molecule has 0 radical (unpaired) electrons. The summed E-state index contributed by atoms with van der Waals surface area (Å²) >= 11 is 1.74. The zero-order valence-corrected chi connectivity index (χ0v) is 15.6. The second-order valence-corrected chi connectivity index (χ2v) is 7.80. The fourth-order valence-electron chi connectivity index (χ4n) is 3.45. The number of para-hydroxylation sites is 1. The number of thiazole rings is 1. The van der Waals surface area contributed by atoms with Crippen LogP contribution in [0.2, 0.25) is 0 Å². The van der Waals surface area contributed by atoms with Crippen molar-refractivity contribution in [1.29, 1.82) is 0 Å². The molecule has 3 aromatic rings. The van der Waals surface area contributed by atoms with E-state index in [0.29, 0.717) is 6.54 Å². The summed E-state index contributed by atoms with van der Waals surface area (Å²) in [4.78, 5) is 18.5. The van der Waals surface area contributed by atoms with Crippen molar-refractivity contribution in [2.45, 2.75) is 39.2 Å². The van der Waals surface area contributed by atoms with Crippen LogP contribution in [0.15, 0.2) is 24.3 Å². The quantitative estimate of drug-likeness (QED) is 0.753. The lowest BCUT2D eigenvalue weighted by molar-refractivity contribution is 0.0689. The molecule has 0 atom stereocenters. The number of benzene rings is 1. The lowest BCUT2D eigenvalue weighted by atomic mass is 10.2. The average molecular weight is 370 g/mol. The van der Waals surface area contributed by atoms with Gasteiger partial charge in [0.25, 0.3) is 0 Å². The molecule has 0 spiro atoms. The maximum Gasteiger partial charge on any atom is 0.356 e. The van der Waals surface area contributed by atoms with Crippen LogP contribution in [-0.4, -0.2) is 38.9 Å². The molecule has 0 amide bonds. The molecule has 4 rings (SSSR count). The first-order valence-corrected chi connectivity index (χ1v) is 9.84. The van der Waals surface area contributed by atoms with E-state index >= 15 is 0 Å². The highest BCUT2D eigenvalue weighted by molar-refractivity contribution is 7.22. The van der Waals surface area contributed by atoms with Gasteiger partial charge in [-0.3, -0.25) is 4.68 Å². The van der Waals surface area contributed by atoms with Gasteiger partial charge < -0.3 is 10.0 Å². The van der Waals surface area contributed by atoms with Gasteiger partial charge in [-0.15, -0.1) is 0 Å². The molecule has 7 heteroatoms. The van der Waals surface area contributed by atoms with E-state index in [-0.39, 0.29) is 5.69 Å². The molecule has 2 aromatic heterocycles. The zero-order chi connectivity index (χ0) is 18.1. The number of hydrogen-bond donors (Lipinski definition) is 1. The molecular formula is C19H22N4O2S. The van der Waals surface area contributed by atoms with Crippen molar-refractivity contribution in [2.24, 2.45) is 0 Å². The Morgan fingerprint density at radius 1 is 1.23 bits per heavy atom. The molecule has 0 saturated carbocycles. The van der Waals surface area contributed by atoms with E-state index in [1.807, 2.05) is 13.0 Å². The van der Waals surface area contributed by atoms with Gasteiger partial charge >= 0.3 is 5.97 Å². The number of carboxylic acids is 1. The Balaban J connectivity index is 1.66. The Morgan fingerprint density at radius 3 is 2.69 bits per heavy atom. The molecule has 1 fully saturated rings. The van der Waals surface area contributed by atoms with E-state index in [9.17, 15) is 4.79 Å². The van der Waals surface area contributed by atoms with Crippen molar-refractivity contribution in [3.8, 4) is 0 Å². The summed E-state index contributed by atoms with van der Waals surface area (Å²) in [5.74, 6) is -0.998. The molecule has 1 aliphatic heterocycles. The molecule has 136 valence electrons. The van der Waals surface area contributed by atoms with Gasteiger partial charge in [0, 0.05) is 24.3 Å². The van der Waals surface area contributed by atoms with Crippen LogP contribution in [0.5, 0.6) is 0 Å². The van der Waals surface area contributed by atoms with E-state index in [0.717, 1.165) is 35.0 Å². The number of aromatic nitrogens is 3. The van der Waals surface area contributed by atoms with Gasteiger partial charge in [-0.1, -0.05) is 36.3 Å². The number of aromatic carboxylic acids is 1. The first kappa shape index (κ1) is 17.0. The lowest BCUT2D eigenvalue weighted by Gasteiger charge is -2.18. The Morgan fingerprint density at radius 2 is 2.00 bits per heavy atom. The molecular weight excluding hydrogens is 348 g/mol. The van der Waals surface area contributed by atoms with Crippen molar-refractivity contribution in [2.75, 3.05) is 18.0 Å². The van der Waals surface area contributed by atoms with Crippen molar-refractivity contribution in [3.63, 3.8) is 0 Å². The van der Waals surface area contributed by atoms with E-state index in [1.165, 1.54) is 30.4 Å². The van der Waals surface area contributed by atoms with E-state index < -0.39 is 5.97 Å². The lowest BCUT2D eigenvalue weighted by Crippen LogP contribution is -2.23. The minimum Gasteiger partial charge on any atom is -0.476 e. The summed E-state index contributed by atoms with van der Waals surface area (Å²) in [5.41, 5.74) is 2.99. The maximum absolute atomic E-state index is 11.1. The molecule has 0 bridgehead atoms. The molecule has 26 heavy (non-hydrogen) atoms. The van der Waals surface area contributed by atoms with E-state index in [2.05, 4.69) is 22.1 Å². The minimum absolute atomic E-state index is 0.0817. The highest BCUT2D eigenvalue weighted by Gasteiger charge is 2.17. The van der Waals surface area contributed by atoms with Gasteiger partial charge in [0.05, 0.1) is 16.8 Å². The number of anilines is 1. The Hall–Kier alpha value is -2.41. The molecule has 1 saturated heterocycles. The van der Waals surface area contributed by atoms with Crippen molar-refractivity contribution in [1.82, 2.24) is 14.8 Å². The van der Waals surface area contributed by atoms with Gasteiger partial charge in [0.1, 0.15) is 0 Å². The van der Waals surface area contributed by atoms with Crippen LogP contribution in [0.4, 0.5) is 5.13 Å². The highest BCUT2D eigenvalue weighted by Crippen LogP contribution is 2.32. The fraction of sp³-hybridized carbons (Fsp3) is 0.421. The number of hydrogen-bond acceptors (Lipinski definition) is 5. The first-order valence-electron chi connectivity index (χ1n) is 9.03. The molecule has 0 unspecified atom stereocenters. The van der Waals surface area contributed by atoms with Crippen LogP contribution in [-0.2, 0) is 6.54 Å². The molecule has 1 N–H and O–H groups in total. The van der Waals surface area contributed by atoms with Crippen LogP contribution in [0.3, 0.4) is 0 Å². The van der Waals surface area contributed by atoms with Crippen LogP contribution in [0.25, 0.3) is 10.2 Å². The van der Waals surface area contributed by atoms with Gasteiger partial charge in [-0.25, -0.2) is 9.78 Å². The minimum atomic E-state index is -0.998. The summed E-state index contributed by atoms with van der Waals surface area (Å²) < 4.78 is 2.91. The third kappa shape index (κ3) is 3.31. The Bertz CT molecular complexity index is 938. The third-order valence-electron chi connectivity index (χ3n) is 4.89. The summed E-state index contributed by atoms with van der Waals surface area (Å²) in [7, 11) is 0. The van der Waals surface area contributed by atoms with Crippen LogP contribution < -0.4 is 4.90 Å². The second kappa shape index (κ2) is 7.07. The van der Waals surface area contributed by atoms with Crippen molar-refractivity contribution >= 4 is 32.7 Å². The normalized spacial score (nSPS) is 15.3. The maximum atomic E-state index is 11.1. The van der Waals surface area contributed by atoms with Crippen molar-refractivity contribution < 1.29 is 9.90 Å². The standard InChI is InChI=1S/C19H22N4O2S/c1-13-11-15(18(24)25)21-23(13)12-14-7-6-8-16-17(14)20-19(26-16)22-9-4-2-3-5-10-22/h6-8,11H,2-5,9-10,12H2,1H3,(H,24,25). The van der Waals surface area contributed by atoms with Gasteiger partial charge in [-0.2, -0.15) is 5.10 Å². The summed E-state index contributed by atoms with van der Waals surface area (Å²) in [6.45, 7) is 4.56. The highest BCUT2D eigenvalue weighted by atomic mass is 32.1. The second-order valence-electron chi connectivity index (χ2n) is 6.80. The largest absolute Gasteiger partial charge is 0.476 e. The fourth-order valence-corrected chi connectivity index (χ4v) is 4.52. The van der Waals surface area contributed by atoms with Gasteiger partial charge in [0.2, 0.25) is 0 Å². The molecule has 0 aliphatic carbocycles. The van der Waals surface area contributed by atoms with Gasteiger partial charge in [0.15, 0.2) is 10.8 Å². The number of rotatable bonds is 4. The Labute approximate surface area is 156 Å². The van der Waals surface area contributed by atoms with E-state index in [1.54, 1.807) is 22.1 Å². The van der Waals surface area contributed by atoms with Crippen molar-refractivity contribution in [3.05, 3.63) is 41.2 Å². The monoisotopic (exact) mass is 370 g/mol. The zero-order valence-electron chi connectivity index (χ0n) is 14.8. The summed E-state index contributed by atoms with van der Waals surface area (Å²) in [6.07, 6.45) is 5.06. The Kier molecular flexibility index (Phi) is 4.63.